The molecule has 0 aromatic heterocycles. The second-order valence-electron chi connectivity index (χ2n) is 5.26. The number of nitrogens with one attached hydrogen (secondary N) is 1. The summed E-state index contributed by atoms with van der Waals surface area (Å²) in [6.45, 7) is 0. The molecule has 1 saturated carbocycles. The van der Waals surface area contributed by atoms with E-state index in [0.29, 0.717) is 25.7 Å². The minimum absolute atomic E-state index is 0.165. The molecule has 1 fully saturated rings. The van der Waals surface area contributed by atoms with Gasteiger partial charge in [-0.1, -0.05) is 6.07 Å². The highest BCUT2D eigenvalue weighted by Crippen LogP contribution is 2.26. The van der Waals surface area contributed by atoms with Crippen molar-refractivity contribution in [1.82, 2.24) is 4.72 Å². The van der Waals surface area contributed by atoms with Crippen molar-refractivity contribution >= 4 is 21.7 Å². The molecule has 0 amide bonds. The fraction of sp³-hybridized carbons (Fsp3) is 0.462. The van der Waals surface area contributed by atoms with E-state index in [4.69, 9.17) is 5.11 Å². The molecule has 0 bridgehead atoms. The number of aliphatic carboxylic acids is 1. The third kappa shape index (κ3) is 3.80. The molecular weight excluding hydrogens is 312 g/mol. The van der Waals surface area contributed by atoms with Crippen LogP contribution in [0.5, 0.6) is 0 Å². The van der Waals surface area contributed by atoms with E-state index in [2.05, 4.69) is 4.72 Å². The molecule has 8 nitrogen and oxygen atoms in total. The largest absolute Gasteiger partial charge is 0.481 e. The first kappa shape index (κ1) is 16.4. The van der Waals surface area contributed by atoms with Crippen LogP contribution in [0.1, 0.15) is 25.7 Å². The molecule has 1 aromatic rings. The highest BCUT2D eigenvalue weighted by molar-refractivity contribution is 7.89. The van der Waals surface area contributed by atoms with Crippen molar-refractivity contribution < 1.29 is 23.2 Å². The van der Waals surface area contributed by atoms with Crippen molar-refractivity contribution in [3.63, 3.8) is 0 Å². The zero-order valence-electron chi connectivity index (χ0n) is 11.6. The van der Waals surface area contributed by atoms with Gasteiger partial charge in [0.05, 0.1) is 15.7 Å². The molecule has 0 heterocycles. The van der Waals surface area contributed by atoms with Gasteiger partial charge >= 0.3 is 5.97 Å². The summed E-state index contributed by atoms with van der Waals surface area (Å²) in [5, 5.41) is 19.6. The summed E-state index contributed by atoms with van der Waals surface area (Å²) >= 11 is 0. The number of nitro benzene ring substituents is 1. The van der Waals surface area contributed by atoms with Gasteiger partial charge in [0.1, 0.15) is 0 Å². The number of carbonyl (C=O) groups is 1. The fourth-order valence-electron chi connectivity index (χ4n) is 2.51. The summed E-state index contributed by atoms with van der Waals surface area (Å²) in [6.07, 6.45) is 1.70. The van der Waals surface area contributed by atoms with Crippen molar-refractivity contribution in [3.8, 4) is 0 Å². The Morgan fingerprint density at radius 2 is 1.91 bits per heavy atom. The number of rotatable bonds is 5. The van der Waals surface area contributed by atoms with Crippen LogP contribution in [0, 0.1) is 16.0 Å². The van der Waals surface area contributed by atoms with E-state index in [0.717, 1.165) is 6.07 Å². The molecule has 2 rings (SSSR count). The molecule has 2 N–H and O–H groups in total. The molecule has 9 heteroatoms. The number of hydrogen-bond donors (Lipinski definition) is 2. The normalized spacial score (nSPS) is 22.2. The number of benzene rings is 1. The average Bonchev–Trinajstić information content (AvgIpc) is 2.47. The van der Waals surface area contributed by atoms with Crippen LogP contribution in [0.2, 0.25) is 0 Å². The minimum Gasteiger partial charge on any atom is -0.481 e. The lowest BCUT2D eigenvalue weighted by atomic mass is 9.87. The highest BCUT2D eigenvalue weighted by Gasteiger charge is 2.29. The summed E-state index contributed by atoms with van der Waals surface area (Å²) < 4.78 is 27.0. The molecule has 0 aliphatic heterocycles. The Morgan fingerprint density at radius 1 is 1.27 bits per heavy atom. The van der Waals surface area contributed by atoms with E-state index in [1.54, 1.807) is 0 Å². The zero-order chi connectivity index (χ0) is 16.3. The lowest BCUT2D eigenvalue weighted by Gasteiger charge is -2.26. The van der Waals surface area contributed by atoms with Gasteiger partial charge in [-0.15, -0.1) is 0 Å². The smallest absolute Gasteiger partial charge is 0.306 e. The van der Waals surface area contributed by atoms with Crippen LogP contribution in [-0.4, -0.2) is 30.5 Å². The topological polar surface area (TPSA) is 127 Å². The first-order valence-corrected chi connectivity index (χ1v) is 8.27. The number of carboxylic acids is 1. The van der Waals surface area contributed by atoms with E-state index in [1.165, 1.54) is 18.2 Å². The molecule has 1 aliphatic carbocycles. The summed E-state index contributed by atoms with van der Waals surface area (Å²) in [5.74, 6) is -1.29. The molecule has 1 aliphatic rings. The Bertz CT molecular complexity index is 680. The van der Waals surface area contributed by atoms with Gasteiger partial charge in [-0.3, -0.25) is 14.9 Å². The number of sulfonamides is 1. The van der Waals surface area contributed by atoms with Crippen LogP contribution >= 0.6 is 0 Å². The van der Waals surface area contributed by atoms with Gasteiger partial charge in [-0.05, 0) is 31.7 Å². The second-order valence-corrected chi connectivity index (χ2v) is 6.98. The summed E-state index contributed by atoms with van der Waals surface area (Å²) in [7, 11) is -3.86. The highest BCUT2D eigenvalue weighted by atomic mass is 32.2. The number of nitrogens with zero attached hydrogens (tertiary/aromatic N) is 1. The van der Waals surface area contributed by atoms with Gasteiger partial charge in [-0.25, -0.2) is 13.1 Å². The minimum atomic E-state index is -3.86. The van der Waals surface area contributed by atoms with Gasteiger partial charge in [0, 0.05) is 18.2 Å². The summed E-state index contributed by atoms with van der Waals surface area (Å²) in [5.41, 5.74) is -0.294. The van der Waals surface area contributed by atoms with Gasteiger partial charge in [-0.2, -0.15) is 0 Å². The Labute approximate surface area is 127 Å². The van der Waals surface area contributed by atoms with Gasteiger partial charge in [0.15, 0.2) is 0 Å². The van der Waals surface area contributed by atoms with Crippen LogP contribution in [0.3, 0.4) is 0 Å². The number of non-ortho nitro benzene ring substituents is 1. The van der Waals surface area contributed by atoms with Gasteiger partial charge < -0.3 is 5.11 Å². The lowest BCUT2D eigenvalue weighted by Crippen LogP contribution is -2.38. The van der Waals surface area contributed by atoms with E-state index >= 15 is 0 Å². The van der Waals surface area contributed by atoms with Crippen LogP contribution < -0.4 is 4.72 Å². The molecule has 0 unspecified atom stereocenters. The predicted molar refractivity (Wildman–Crippen MR) is 76.8 cm³/mol. The molecule has 0 radical (unpaired) electrons. The maximum absolute atomic E-state index is 12.2. The first-order chi connectivity index (χ1) is 10.3. The van der Waals surface area contributed by atoms with E-state index in [-0.39, 0.29) is 16.6 Å². The van der Waals surface area contributed by atoms with Crippen molar-refractivity contribution in [2.45, 2.75) is 36.6 Å². The number of hydrogen-bond acceptors (Lipinski definition) is 5. The van der Waals surface area contributed by atoms with E-state index in [9.17, 15) is 23.3 Å². The van der Waals surface area contributed by atoms with Crippen molar-refractivity contribution in [2.75, 3.05) is 0 Å². The predicted octanol–water partition coefficient (Wildman–Crippen LogP) is 1.52. The maximum atomic E-state index is 12.2. The van der Waals surface area contributed by atoms with E-state index < -0.39 is 26.8 Å². The monoisotopic (exact) mass is 328 g/mol. The van der Waals surface area contributed by atoms with Gasteiger partial charge in [0.2, 0.25) is 10.0 Å². The summed E-state index contributed by atoms with van der Waals surface area (Å²) in [4.78, 5) is 20.8. The molecular formula is C13H16N2O6S. The lowest BCUT2D eigenvalue weighted by molar-refractivity contribution is -0.385. The van der Waals surface area contributed by atoms with Crippen molar-refractivity contribution in [2.24, 2.45) is 5.92 Å². The number of carboxylic acid groups (broad SMARTS) is 1. The Hall–Kier alpha value is -2.00. The van der Waals surface area contributed by atoms with Crippen molar-refractivity contribution in [3.05, 3.63) is 34.4 Å². The zero-order valence-corrected chi connectivity index (χ0v) is 12.5. The van der Waals surface area contributed by atoms with Crippen molar-refractivity contribution in [1.29, 1.82) is 0 Å². The molecule has 1 aromatic carbocycles. The first-order valence-electron chi connectivity index (χ1n) is 6.79. The van der Waals surface area contributed by atoms with Crippen LogP contribution in [0.4, 0.5) is 5.69 Å². The Balaban J connectivity index is 2.07. The molecule has 0 spiro atoms. The number of nitro groups is 1. The van der Waals surface area contributed by atoms with Crippen LogP contribution in [0.25, 0.3) is 0 Å². The maximum Gasteiger partial charge on any atom is 0.306 e. The second kappa shape index (κ2) is 6.41. The van der Waals surface area contributed by atoms with Gasteiger partial charge in [0.25, 0.3) is 5.69 Å². The SMILES string of the molecule is O=C(O)C1CCC(NS(=O)(=O)c2cccc([N+](=O)[O-])c2)CC1. The fourth-order valence-corrected chi connectivity index (χ4v) is 3.85. The quantitative estimate of drug-likeness (QED) is 0.623. The molecule has 22 heavy (non-hydrogen) atoms. The third-order valence-corrected chi connectivity index (χ3v) is 5.26. The average molecular weight is 328 g/mol. The van der Waals surface area contributed by atoms with Crippen LogP contribution in [-0.2, 0) is 14.8 Å². The Kier molecular flexibility index (Phi) is 4.77. The van der Waals surface area contributed by atoms with Crippen LogP contribution in [0.15, 0.2) is 29.2 Å². The third-order valence-electron chi connectivity index (χ3n) is 3.74. The molecule has 0 saturated heterocycles. The molecule has 120 valence electrons. The van der Waals surface area contributed by atoms with E-state index in [1.807, 2.05) is 0 Å². The standard InChI is InChI=1S/C13H16N2O6S/c16-13(17)9-4-6-10(7-5-9)14-22(20,21)12-3-1-2-11(8-12)15(18)19/h1-3,8-10,14H,4-7H2,(H,16,17). The summed E-state index contributed by atoms with van der Waals surface area (Å²) in [6, 6.07) is 4.48. The molecule has 0 atom stereocenters. The Morgan fingerprint density at radius 3 is 2.45 bits per heavy atom.